The summed E-state index contributed by atoms with van der Waals surface area (Å²) >= 11 is 5.99. The zero-order valence-electron chi connectivity index (χ0n) is 12.9. The smallest absolute Gasteiger partial charge is 0.227 e. The molecule has 0 atom stereocenters. The number of hydrogen-bond acceptors (Lipinski definition) is 2. The van der Waals surface area contributed by atoms with Gasteiger partial charge in [0.2, 0.25) is 5.91 Å². The molecule has 0 fully saturated rings. The average molecular weight is 316 g/mol. The summed E-state index contributed by atoms with van der Waals surface area (Å²) in [5, 5.41) is 0.291. The van der Waals surface area contributed by atoms with E-state index in [1.807, 2.05) is 13.8 Å². The van der Waals surface area contributed by atoms with Gasteiger partial charge < -0.3 is 9.64 Å². The summed E-state index contributed by atoms with van der Waals surface area (Å²) in [6.45, 7) is 5.05. The maximum atomic E-state index is 13.8. The van der Waals surface area contributed by atoms with E-state index in [0.29, 0.717) is 18.2 Å². The topological polar surface area (TPSA) is 29.5 Å². The first-order chi connectivity index (χ1) is 10.0. The van der Waals surface area contributed by atoms with E-state index in [1.165, 1.54) is 12.1 Å². The van der Waals surface area contributed by atoms with Gasteiger partial charge in [-0.25, -0.2) is 4.39 Å². The van der Waals surface area contributed by atoms with Crippen molar-refractivity contribution in [2.45, 2.75) is 39.2 Å². The second-order valence-electron chi connectivity index (χ2n) is 4.93. The minimum atomic E-state index is -0.438. The molecule has 0 saturated carbocycles. The molecule has 0 saturated heterocycles. The van der Waals surface area contributed by atoms with E-state index in [9.17, 15) is 9.18 Å². The Bertz CT molecular complexity index is 443. The number of halogens is 2. The van der Waals surface area contributed by atoms with Crippen molar-refractivity contribution in [2.24, 2.45) is 0 Å². The summed E-state index contributed by atoms with van der Waals surface area (Å²) in [5.74, 6) is -0.556. The Balaban J connectivity index is 2.89. The zero-order chi connectivity index (χ0) is 15.8. The molecule has 3 nitrogen and oxygen atoms in total. The summed E-state index contributed by atoms with van der Waals surface area (Å²) in [6, 6.07) is 4.60. The van der Waals surface area contributed by atoms with Gasteiger partial charge in [0.15, 0.2) is 0 Å². The molecule has 0 radical (unpaired) electrons. The molecule has 1 amide bonds. The lowest BCUT2D eigenvalue weighted by atomic mass is 10.1. The Morgan fingerprint density at radius 2 is 2.05 bits per heavy atom. The Morgan fingerprint density at radius 3 is 2.57 bits per heavy atom. The highest BCUT2D eigenvalue weighted by molar-refractivity contribution is 6.31. The third-order valence-electron chi connectivity index (χ3n) is 3.63. The molecule has 1 rings (SSSR count). The Morgan fingerprint density at radius 1 is 1.38 bits per heavy atom. The van der Waals surface area contributed by atoms with Crippen molar-refractivity contribution in [3.05, 3.63) is 34.6 Å². The van der Waals surface area contributed by atoms with Crippen molar-refractivity contribution in [3.63, 3.8) is 0 Å². The minimum absolute atomic E-state index is 0.0221. The lowest BCUT2D eigenvalue weighted by Crippen LogP contribution is -2.42. The third kappa shape index (κ3) is 4.97. The van der Waals surface area contributed by atoms with Gasteiger partial charge >= 0.3 is 0 Å². The van der Waals surface area contributed by atoms with Crippen LogP contribution in [-0.4, -0.2) is 37.1 Å². The van der Waals surface area contributed by atoms with Gasteiger partial charge in [0.05, 0.1) is 13.0 Å². The van der Waals surface area contributed by atoms with Crippen molar-refractivity contribution >= 4 is 17.5 Å². The normalized spacial score (nSPS) is 11.0. The Hall–Kier alpha value is -1.13. The van der Waals surface area contributed by atoms with Crippen LogP contribution in [0.4, 0.5) is 4.39 Å². The molecule has 5 heteroatoms. The number of carbonyl (C=O) groups is 1. The molecule has 0 spiro atoms. The van der Waals surface area contributed by atoms with Crippen molar-refractivity contribution in [3.8, 4) is 0 Å². The van der Waals surface area contributed by atoms with Crippen LogP contribution >= 0.6 is 11.6 Å². The number of hydrogen-bond donors (Lipinski definition) is 0. The van der Waals surface area contributed by atoms with Gasteiger partial charge in [-0.05, 0) is 25.0 Å². The number of nitrogens with zero attached hydrogens (tertiary/aromatic N) is 1. The lowest BCUT2D eigenvalue weighted by Gasteiger charge is -2.30. The van der Waals surface area contributed by atoms with Crippen LogP contribution in [0.3, 0.4) is 0 Å². The van der Waals surface area contributed by atoms with Gasteiger partial charge in [-0.3, -0.25) is 4.79 Å². The fraction of sp³-hybridized carbons (Fsp3) is 0.562. The summed E-state index contributed by atoms with van der Waals surface area (Å²) in [7, 11) is 1.60. The Kier molecular flexibility index (Phi) is 7.68. The lowest BCUT2D eigenvalue weighted by molar-refractivity contribution is -0.133. The standard InChI is InChI=1S/C16H23ClFNO2/c1-4-12(5-2)19(9-10-21-3)16(20)11-13-14(17)7-6-8-15(13)18/h6-8,12H,4-5,9-11H2,1-3H3. The number of methoxy groups -OCH3 is 1. The molecule has 0 aliphatic rings. The number of amides is 1. The molecule has 0 unspecified atom stereocenters. The van der Waals surface area contributed by atoms with Gasteiger partial charge in [-0.2, -0.15) is 0 Å². The molecule has 0 heterocycles. The molecular weight excluding hydrogens is 293 g/mol. The van der Waals surface area contributed by atoms with E-state index >= 15 is 0 Å². The summed E-state index contributed by atoms with van der Waals surface area (Å²) < 4.78 is 18.9. The van der Waals surface area contributed by atoms with E-state index in [2.05, 4.69) is 0 Å². The van der Waals surface area contributed by atoms with Gasteiger partial charge in [0.25, 0.3) is 0 Å². The SMILES string of the molecule is CCC(CC)N(CCOC)C(=O)Cc1c(F)cccc1Cl. The highest BCUT2D eigenvalue weighted by Gasteiger charge is 2.22. The predicted octanol–water partition coefficient (Wildman–Crippen LogP) is 3.69. The van der Waals surface area contributed by atoms with Crippen molar-refractivity contribution in [1.82, 2.24) is 4.90 Å². The average Bonchev–Trinajstić information content (AvgIpc) is 2.47. The number of carbonyl (C=O) groups excluding carboxylic acids is 1. The summed E-state index contributed by atoms with van der Waals surface area (Å²) in [5.41, 5.74) is 0.262. The third-order valence-corrected chi connectivity index (χ3v) is 3.98. The van der Waals surface area contributed by atoms with E-state index < -0.39 is 5.82 Å². The molecule has 0 aromatic heterocycles. The molecule has 0 N–H and O–H groups in total. The molecule has 0 bridgehead atoms. The maximum absolute atomic E-state index is 13.8. The van der Waals surface area contributed by atoms with Crippen molar-refractivity contribution in [1.29, 1.82) is 0 Å². The summed E-state index contributed by atoms with van der Waals surface area (Å²) in [6.07, 6.45) is 1.69. The monoisotopic (exact) mass is 315 g/mol. The quantitative estimate of drug-likeness (QED) is 0.732. The van der Waals surface area contributed by atoms with E-state index in [-0.39, 0.29) is 23.9 Å². The fourth-order valence-corrected chi connectivity index (χ4v) is 2.61. The first-order valence-electron chi connectivity index (χ1n) is 7.26. The van der Waals surface area contributed by atoms with Crippen LogP contribution in [0.5, 0.6) is 0 Å². The molecule has 0 aliphatic heterocycles. The molecule has 118 valence electrons. The number of benzene rings is 1. The van der Waals surface area contributed by atoms with Crippen molar-refractivity contribution in [2.75, 3.05) is 20.3 Å². The van der Waals surface area contributed by atoms with Crippen LogP contribution in [0, 0.1) is 5.82 Å². The number of ether oxygens (including phenoxy) is 1. The van der Waals surface area contributed by atoms with Crippen LogP contribution < -0.4 is 0 Å². The Labute approximate surface area is 131 Å². The fourth-order valence-electron chi connectivity index (χ4n) is 2.38. The highest BCUT2D eigenvalue weighted by Crippen LogP contribution is 2.21. The predicted molar refractivity (Wildman–Crippen MR) is 83.1 cm³/mol. The van der Waals surface area contributed by atoms with Gasteiger partial charge in [0.1, 0.15) is 5.82 Å². The maximum Gasteiger partial charge on any atom is 0.227 e. The molecule has 1 aromatic carbocycles. The second kappa shape index (κ2) is 9.00. The van der Waals surface area contributed by atoms with Crippen LogP contribution in [0.2, 0.25) is 5.02 Å². The summed E-state index contributed by atoms with van der Waals surface area (Å²) in [4.78, 5) is 14.3. The zero-order valence-corrected chi connectivity index (χ0v) is 13.6. The number of rotatable bonds is 8. The molecule has 0 aliphatic carbocycles. The second-order valence-corrected chi connectivity index (χ2v) is 5.33. The van der Waals surface area contributed by atoms with E-state index in [0.717, 1.165) is 12.8 Å². The van der Waals surface area contributed by atoms with Crippen molar-refractivity contribution < 1.29 is 13.9 Å². The van der Waals surface area contributed by atoms with Gasteiger partial charge in [-0.1, -0.05) is 31.5 Å². The first kappa shape index (κ1) is 17.9. The minimum Gasteiger partial charge on any atom is -0.383 e. The van der Waals surface area contributed by atoms with Crippen LogP contribution in [0.25, 0.3) is 0 Å². The highest BCUT2D eigenvalue weighted by atomic mass is 35.5. The van der Waals surface area contributed by atoms with Gasteiger partial charge in [0, 0.05) is 30.3 Å². The first-order valence-corrected chi connectivity index (χ1v) is 7.64. The molecule has 1 aromatic rings. The molecule has 21 heavy (non-hydrogen) atoms. The largest absolute Gasteiger partial charge is 0.383 e. The van der Waals surface area contributed by atoms with Crippen LogP contribution in [0.1, 0.15) is 32.3 Å². The molecular formula is C16H23ClFNO2. The van der Waals surface area contributed by atoms with Crippen LogP contribution in [-0.2, 0) is 16.0 Å². The van der Waals surface area contributed by atoms with E-state index in [4.69, 9.17) is 16.3 Å². The van der Waals surface area contributed by atoms with Gasteiger partial charge in [-0.15, -0.1) is 0 Å². The van der Waals surface area contributed by atoms with E-state index in [1.54, 1.807) is 18.1 Å². The van der Waals surface area contributed by atoms with Crippen LogP contribution in [0.15, 0.2) is 18.2 Å².